The molecule has 0 aromatic heterocycles. The molecule has 2 N–H and O–H groups in total. The van der Waals surface area contributed by atoms with Crippen molar-refractivity contribution in [2.24, 2.45) is 0 Å². The van der Waals surface area contributed by atoms with Crippen molar-refractivity contribution in [3.05, 3.63) is 91.9 Å². The molecular formula is C23H16Cl3NO5. The number of carboxylic acids is 1. The first kappa shape index (κ1) is 22.4. The van der Waals surface area contributed by atoms with Crippen LogP contribution in [0.15, 0.2) is 54.6 Å². The molecule has 1 atom stereocenters. The molecule has 4 rings (SSSR count). The zero-order valence-electron chi connectivity index (χ0n) is 16.4. The summed E-state index contributed by atoms with van der Waals surface area (Å²) in [5.74, 6) is -1.25. The molecule has 0 aliphatic carbocycles. The lowest BCUT2D eigenvalue weighted by molar-refractivity contribution is -0.136. The van der Waals surface area contributed by atoms with Gasteiger partial charge < -0.3 is 14.9 Å². The topological polar surface area (TPSA) is 87.1 Å². The molecule has 1 amide bonds. The largest absolute Gasteiger partial charge is 0.488 e. The van der Waals surface area contributed by atoms with E-state index in [4.69, 9.17) is 44.6 Å². The molecule has 0 saturated heterocycles. The lowest BCUT2D eigenvalue weighted by Gasteiger charge is -2.23. The molecule has 32 heavy (non-hydrogen) atoms. The second-order valence-corrected chi connectivity index (χ2v) is 8.41. The number of fused-ring (bicyclic) bond motifs is 1. The Kier molecular flexibility index (Phi) is 6.31. The number of aliphatic carboxylic acids is 1. The van der Waals surface area contributed by atoms with Gasteiger partial charge in [-0.2, -0.15) is 0 Å². The van der Waals surface area contributed by atoms with Gasteiger partial charge in [0.2, 0.25) is 0 Å². The molecule has 0 fully saturated rings. The van der Waals surface area contributed by atoms with E-state index in [9.17, 15) is 14.7 Å². The summed E-state index contributed by atoms with van der Waals surface area (Å²) in [5.41, 5.74) is 1.86. The van der Waals surface area contributed by atoms with Crippen LogP contribution in [0.1, 0.15) is 33.3 Å². The van der Waals surface area contributed by atoms with E-state index in [0.29, 0.717) is 16.3 Å². The molecule has 9 heteroatoms. The van der Waals surface area contributed by atoms with Crippen LogP contribution in [0.2, 0.25) is 15.1 Å². The average Bonchev–Trinajstić information content (AvgIpc) is 2.99. The fourth-order valence-electron chi connectivity index (χ4n) is 3.59. The van der Waals surface area contributed by atoms with Gasteiger partial charge in [0.1, 0.15) is 12.4 Å². The lowest BCUT2D eigenvalue weighted by atomic mass is 10.1. The van der Waals surface area contributed by atoms with Gasteiger partial charge in [-0.1, -0.05) is 53.0 Å². The molecule has 164 valence electrons. The van der Waals surface area contributed by atoms with Gasteiger partial charge in [0.15, 0.2) is 6.23 Å². The SMILES string of the molecule is O=C(O)Cc1ccc(N2C(=O)c3c(Cl)ccc(OCc4cccc(Cl)c4)c3C2O)c(Cl)c1. The number of nitrogens with zero attached hydrogens (tertiary/aromatic N) is 1. The Morgan fingerprint density at radius 3 is 2.47 bits per heavy atom. The highest BCUT2D eigenvalue weighted by molar-refractivity contribution is 6.37. The number of carbonyl (C=O) groups excluding carboxylic acids is 1. The first-order valence-corrected chi connectivity index (χ1v) is 10.6. The minimum absolute atomic E-state index is 0.119. The van der Waals surface area contributed by atoms with Crippen LogP contribution in [0, 0.1) is 0 Å². The summed E-state index contributed by atoms with van der Waals surface area (Å²) in [5, 5.41) is 20.9. The van der Waals surface area contributed by atoms with Crippen molar-refractivity contribution in [3.8, 4) is 5.75 Å². The summed E-state index contributed by atoms with van der Waals surface area (Å²) in [7, 11) is 0. The van der Waals surface area contributed by atoms with Gasteiger partial charge in [0, 0.05) is 5.02 Å². The summed E-state index contributed by atoms with van der Waals surface area (Å²) in [4.78, 5) is 25.2. The van der Waals surface area contributed by atoms with Crippen molar-refractivity contribution in [2.45, 2.75) is 19.3 Å². The fourth-order valence-corrected chi connectivity index (χ4v) is 4.35. The highest BCUT2D eigenvalue weighted by Gasteiger charge is 2.41. The van der Waals surface area contributed by atoms with Crippen LogP contribution in [-0.4, -0.2) is 22.1 Å². The zero-order valence-corrected chi connectivity index (χ0v) is 18.7. The van der Waals surface area contributed by atoms with Crippen molar-refractivity contribution in [3.63, 3.8) is 0 Å². The van der Waals surface area contributed by atoms with Crippen molar-refractivity contribution in [1.29, 1.82) is 0 Å². The van der Waals surface area contributed by atoms with Crippen LogP contribution in [-0.2, 0) is 17.8 Å². The Morgan fingerprint density at radius 1 is 1.00 bits per heavy atom. The van der Waals surface area contributed by atoms with Crippen LogP contribution < -0.4 is 9.64 Å². The molecular weight excluding hydrogens is 477 g/mol. The Hall–Kier alpha value is -2.77. The van der Waals surface area contributed by atoms with E-state index >= 15 is 0 Å². The van der Waals surface area contributed by atoms with Crippen molar-refractivity contribution < 1.29 is 24.5 Å². The lowest BCUT2D eigenvalue weighted by Crippen LogP contribution is -2.28. The van der Waals surface area contributed by atoms with E-state index in [1.54, 1.807) is 24.3 Å². The van der Waals surface area contributed by atoms with E-state index in [1.807, 2.05) is 6.07 Å². The number of hydrogen-bond acceptors (Lipinski definition) is 4. The third-order valence-corrected chi connectivity index (χ3v) is 5.85. The minimum atomic E-state index is -1.40. The van der Waals surface area contributed by atoms with E-state index in [-0.39, 0.29) is 39.9 Å². The van der Waals surface area contributed by atoms with Crippen LogP contribution in [0.4, 0.5) is 5.69 Å². The summed E-state index contributed by atoms with van der Waals surface area (Å²) >= 11 is 18.6. The number of amides is 1. The van der Waals surface area contributed by atoms with Crippen LogP contribution in [0.5, 0.6) is 5.75 Å². The number of carbonyl (C=O) groups is 2. The third-order valence-electron chi connectivity index (χ3n) is 5.00. The van der Waals surface area contributed by atoms with Gasteiger partial charge in [0.05, 0.1) is 33.3 Å². The smallest absolute Gasteiger partial charge is 0.307 e. The van der Waals surface area contributed by atoms with Gasteiger partial charge in [-0.25, -0.2) is 0 Å². The Morgan fingerprint density at radius 2 is 1.78 bits per heavy atom. The van der Waals surface area contributed by atoms with Gasteiger partial charge in [-0.05, 0) is 47.5 Å². The first-order valence-electron chi connectivity index (χ1n) is 9.47. The molecule has 1 aliphatic rings. The van der Waals surface area contributed by atoms with Gasteiger partial charge in [0.25, 0.3) is 5.91 Å². The molecule has 3 aromatic carbocycles. The number of halogens is 3. The van der Waals surface area contributed by atoms with Crippen LogP contribution in [0.3, 0.4) is 0 Å². The molecule has 1 unspecified atom stereocenters. The third kappa shape index (κ3) is 4.27. The summed E-state index contributed by atoms with van der Waals surface area (Å²) in [6.07, 6.45) is -1.61. The monoisotopic (exact) mass is 491 g/mol. The fraction of sp³-hybridized carbons (Fsp3) is 0.130. The van der Waals surface area contributed by atoms with E-state index < -0.39 is 18.1 Å². The highest BCUT2D eigenvalue weighted by atomic mass is 35.5. The molecule has 1 aliphatic heterocycles. The Labute approximate surface area is 198 Å². The van der Waals surface area contributed by atoms with E-state index in [1.165, 1.54) is 24.3 Å². The minimum Gasteiger partial charge on any atom is -0.488 e. The normalized spacial score (nSPS) is 15.1. The molecule has 3 aromatic rings. The second-order valence-electron chi connectivity index (χ2n) is 7.16. The predicted octanol–water partition coefficient (Wildman–Crippen LogP) is 5.50. The predicted molar refractivity (Wildman–Crippen MR) is 122 cm³/mol. The Balaban J connectivity index is 1.67. The number of anilines is 1. The summed E-state index contributed by atoms with van der Waals surface area (Å²) in [6.45, 7) is 0.167. The van der Waals surface area contributed by atoms with Gasteiger partial charge >= 0.3 is 5.97 Å². The molecule has 1 heterocycles. The van der Waals surface area contributed by atoms with Crippen molar-refractivity contribution in [1.82, 2.24) is 0 Å². The second kappa shape index (κ2) is 9.00. The van der Waals surface area contributed by atoms with Crippen LogP contribution in [0.25, 0.3) is 0 Å². The molecule has 0 saturated carbocycles. The highest BCUT2D eigenvalue weighted by Crippen LogP contribution is 2.45. The van der Waals surface area contributed by atoms with Crippen LogP contribution >= 0.6 is 34.8 Å². The number of aliphatic hydroxyl groups excluding tert-OH is 1. The summed E-state index contributed by atoms with van der Waals surface area (Å²) < 4.78 is 5.89. The number of rotatable bonds is 6. The maximum absolute atomic E-state index is 13.2. The van der Waals surface area contributed by atoms with Gasteiger partial charge in [-0.15, -0.1) is 0 Å². The number of carboxylic acid groups (broad SMARTS) is 1. The van der Waals surface area contributed by atoms with E-state index in [2.05, 4.69) is 0 Å². The Bertz CT molecular complexity index is 1230. The van der Waals surface area contributed by atoms with Gasteiger partial charge in [-0.3, -0.25) is 14.5 Å². The standard InChI is InChI=1S/C23H16Cl3NO5/c24-14-3-1-2-13(8-14)11-32-18-7-5-15(25)20-21(18)23(31)27(22(20)30)17-6-4-12(9-16(17)26)10-19(28)29/h1-9,23,31H,10-11H2,(H,28,29). The maximum atomic E-state index is 13.2. The molecule has 6 nitrogen and oxygen atoms in total. The molecule has 0 bridgehead atoms. The zero-order chi connectivity index (χ0) is 23.0. The number of benzene rings is 3. The average molecular weight is 493 g/mol. The quantitative estimate of drug-likeness (QED) is 0.474. The van der Waals surface area contributed by atoms with Crippen molar-refractivity contribution >= 4 is 52.4 Å². The van der Waals surface area contributed by atoms with E-state index in [0.717, 1.165) is 10.5 Å². The molecule has 0 radical (unpaired) electrons. The first-order chi connectivity index (χ1) is 15.3. The van der Waals surface area contributed by atoms with Crippen molar-refractivity contribution in [2.75, 3.05) is 4.90 Å². The molecule has 0 spiro atoms. The number of aliphatic hydroxyl groups is 1. The number of hydrogen-bond donors (Lipinski definition) is 2. The maximum Gasteiger partial charge on any atom is 0.307 e. The summed E-state index contributed by atoms with van der Waals surface area (Å²) in [6, 6.07) is 14.7. The number of ether oxygens (including phenoxy) is 1.